The summed E-state index contributed by atoms with van der Waals surface area (Å²) in [5.74, 6) is 0.745. The molecule has 1 saturated carbocycles. The van der Waals surface area contributed by atoms with E-state index >= 15 is 0 Å². The van der Waals surface area contributed by atoms with Gasteiger partial charge in [-0.1, -0.05) is 11.6 Å². The first kappa shape index (κ1) is 13.2. The first-order chi connectivity index (χ1) is 8.66. The molecule has 1 aromatic carbocycles. The number of rotatable bonds is 7. The Kier molecular flexibility index (Phi) is 4.48. The van der Waals surface area contributed by atoms with Gasteiger partial charge in [0.2, 0.25) is 0 Å². The van der Waals surface area contributed by atoms with Crippen LogP contribution in [0.4, 0.5) is 0 Å². The van der Waals surface area contributed by atoms with Crippen LogP contribution in [0.3, 0.4) is 0 Å². The predicted molar refractivity (Wildman–Crippen MR) is 70.4 cm³/mol. The second-order valence-corrected chi connectivity index (χ2v) is 5.09. The fourth-order valence-corrected chi connectivity index (χ4v) is 2.11. The van der Waals surface area contributed by atoms with E-state index in [1.807, 2.05) is 18.2 Å². The lowest BCUT2D eigenvalue weighted by Crippen LogP contribution is -2.02. The molecule has 1 N–H and O–H groups in total. The van der Waals surface area contributed by atoms with Crippen LogP contribution < -0.4 is 4.74 Å². The van der Waals surface area contributed by atoms with Crippen LogP contribution in [0.15, 0.2) is 18.2 Å². The maximum Gasteiger partial charge on any atom is 0.303 e. The highest BCUT2D eigenvalue weighted by atomic mass is 35.5. The molecule has 1 aromatic rings. The molecule has 2 rings (SSSR count). The zero-order valence-electron chi connectivity index (χ0n) is 10.2. The number of unbranched alkanes of at least 4 members (excludes halogenated alkanes) is 1. The third-order valence-corrected chi connectivity index (χ3v) is 3.27. The molecule has 0 unspecified atom stereocenters. The quantitative estimate of drug-likeness (QED) is 0.764. The van der Waals surface area contributed by atoms with Gasteiger partial charge < -0.3 is 9.84 Å². The molecule has 0 amide bonds. The normalized spacial score (nSPS) is 14.5. The third-order valence-electron chi connectivity index (χ3n) is 3.03. The van der Waals surface area contributed by atoms with Gasteiger partial charge in [0.05, 0.1) is 6.61 Å². The molecule has 0 bridgehead atoms. The van der Waals surface area contributed by atoms with Gasteiger partial charge >= 0.3 is 5.97 Å². The Labute approximate surface area is 112 Å². The minimum Gasteiger partial charge on any atom is -0.493 e. The first-order valence-electron chi connectivity index (χ1n) is 6.31. The fourth-order valence-electron chi connectivity index (χ4n) is 1.92. The van der Waals surface area contributed by atoms with Gasteiger partial charge in [0.15, 0.2) is 0 Å². The second kappa shape index (κ2) is 6.10. The van der Waals surface area contributed by atoms with Gasteiger partial charge in [0.25, 0.3) is 0 Å². The molecule has 4 heteroatoms. The molecule has 0 aliphatic heterocycles. The Morgan fingerprint density at radius 2 is 2.17 bits per heavy atom. The Morgan fingerprint density at radius 3 is 2.83 bits per heavy atom. The van der Waals surface area contributed by atoms with E-state index in [9.17, 15) is 4.79 Å². The summed E-state index contributed by atoms with van der Waals surface area (Å²) in [6.45, 7) is 0.564. The lowest BCUT2D eigenvalue weighted by molar-refractivity contribution is -0.137. The minimum absolute atomic E-state index is 0.208. The summed E-state index contributed by atoms with van der Waals surface area (Å²) in [6.07, 6.45) is 4.03. The maximum atomic E-state index is 10.4. The SMILES string of the molecule is O=C(O)CCCCOc1ccc(Cl)cc1C1CC1. The Bertz CT molecular complexity index is 427. The zero-order chi connectivity index (χ0) is 13.0. The number of hydrogen-bond donors (Lipinski definition) is 1. The number of hydrogen-bond acceptors (Lipinski definition) is 2. The summed E-state index contributed by atoms with van der Waals surface area (Å²) in [6, 6.07) is 5.72. The summed E-state index contributed by atoms with van der Waals surface area (Å²) >= 11 is 5.99. The number of carboxylic acid groups (broad SMARTS) is 1. The molecule has 0 atom stereocenters. The largest absolute Gasteiger partial charge is 0.493 e. The second-order valence-electron chi connectivity index (χ2n) is 4.66. The number of carboxylic acids is 1. The molecular weight excluding hydrogens is 252 g/mol. The number of ether oxygens (including phenoxy) is 1. The van der Waals surface area contributed by atoms with Gasteiger partial charge in [-0.2, -0.15) is 0 Å². The molecule has 0 spiro atoms. The average molecular weight is 269 g/mol. The Morgan fingerprint density at radius 1 is 1.39 bits per heavy atom. The maximum absolute atomic E-state index is 10.4. The van der Waals surface area contributed by atoms with Gasteiger partial charge in [0.1, 0.15) is 5.75 Å². The van der Waals surface area contributed by atoms with Gasteiger partial charge in [-0.05, 0) is 55.4 Å². The standard InChI is InChI=1S/C14H17ClO3/c15-11-6-7-13(12(9-11)10-4-5-10)18-8-2-1-3-14(16)17/h6-7,9-10H,1-5,8H2,(H,16,17). The molecule has 0 aromatic heterocycles. The van der Waals surface area contributed by atoms with Crippen molar-refractivity contribution in [2.45, 2.75) is 38.0 Å². The lowest BCUT2D eigenvalue weighted by Gasteiger charge is -2.11. The van der Waals surface area contributed by atoms with E-state index in [4.69, 9.17) is 21.4 Å². The molecule has 0 heterocycles. The van der Waals surface area contributed by atoms with Gasteiger partial charge in [-0.25, -0.2) is 0 Å². The monoisotopic (exact) mass is 268 g/mol. The van der Waals surface area contributed by atoms with Crippen LogP contribution in [-0.4, -0.2) is 17.7 Å². The lowest BCUT2D eigenvalue weighted by atomic mass is 10.1. The molecule has 98 valence electrons. The van der Waals surface area contributed by atoms with Crippen LogP contribution in [0.1, 0.15) is 43.6 Å². The molecule has 1 fully saturated rings. The van der Waals surface area contributed by atoms with E-state index in [0.29, 0.717) is 18.9 Å². The van der Waals surface area contributed by atoms with Gasteiger partial charge in [0, 0.05) is 11.4 Å². The van der Waals surface area contributed by atoms with Gasteiger partial charge in [-0.15, -0.1) is 0 Å². The summed E-state index contributed by atoms with van der Waals surface area (Å²) < 4.78 is 5.72. The van der Waals surface area contributed by atoms with Crippen LogP contribution in [-0.2, 0) is 4.79 Å². The average Bonchev–Trinajstić information content (AvgIpc) is 3.14. The highest BCUT2D eigenvalue weighted by Crippen LogP contribution is 2.45. The first-order valence-corrected chi connectivity index (χ1v) is 6.68. The molecule has 1 aliphatic rings. The summed E-state index contributed by atoms with van der Waals surface area (Å²) in [4.78, 5) is 10.4. The van der Waals surface area contributed by atoms with Crippen LogP contribution in [0, 0.1) is 0 Å². The topological polar surface area (TPSA) is 46.5 Å². The van der Waals surface area contributed by atoms with Crippen LogP contribution in [0.5, 0.6) is 5.75 Å². The number of carbonyl (C=O) groups is 1. The van der Waals surface area contributed by atoms with Crippen LogP contribution in [0.2, 0.25) is 5.02 Å². The van der Waals surface area contributed by atoms with Crippen molar-refractivity contribution in [3.8, 4) is 5.75 Å². The summed E-state index contributed by atoms with van der Waals surface area (Å²) in [5.41, 5.74) is 1.20. The number of aliphatic carboxylic acids is 1. The minimum atomic E-state index is -0.750. The molecule has 0 radical (unpaired) electrons. The molecule has 18 heavy (non-hydrogen) atoms. The van der Waals surface area contributed by atoms with Crippen molar-refractivity contribution < 1.29 is 14.6 Å². The molecule has 1 aliphatic carbocycles. The van der Waals surface area contributed by atoms with Crippen molar-refractivity contribution in [3.05, 3.63) is 28.8 Å². The fraction of sp³-hybridized carbons (Fsp3) is 0.500. The van der Waals surface area contributed by atoms with E-state index in [0.717, 1.165) is 17.2 Å². The number of benzene rings is 1. The van der Waals surface area contributed by atoms with E-state index < -0.39 is 5.97 Å². The highest BCUT2D eigenvalue weighted by molar-refractivity contribution is 6.30. The zero-order valence-corrected chi connectivity index (χ0v) is 10.9. The third kappa shape index (κ3) is 3.91. The smallest absolute Gasteiger partial charge is 0.303 e. The van der Waals surface area contributed by atoms with Gasteiger partial charge in [-0.3, -0.25) is 4.79 Å². The van der Waals surface area contributed by atoms with Crippen LogP contribution >= 0.6 is 11.6 Å². The van der Waals surface area contributed by atoms with Crippen LogP contribution in [0.25, 0.3) is 0 Å². The van der Waals surface area contributed by atoms with E-state index in [-0.39, 0.29) is 6.42 Å². The van der Waals surface area contributed by atoms with Crippen molar-refractivity contribution in [2.75, 3.05) is 6.61 Å². The van der Waals surface area contributed by atoms with E-state index in [2.05, 4.69) is 0 Å². The van der Waals surface area contributed by atoms with E-state index in [1.165, 1.54) is 18.4 Å². The Balaban J connectivity index is 1.83. The van der Waals surface area contributed by atoms with Crippen molar-refractivity contribution in [2.24, 2.45) is 0 Å². The van der Waals surface area contributed by atoms with Crippen molar-refractivity contribution in [1.29, 1.82) is 0 Å². The summed E-state index contributed by atoms with van der Waals surface area (Å²) in [7, 11) is 0. The predicted octanol–water partition coefficient (Wildman–Crippen LogP) is 3.85. The Hall–Kier alpha value is -1.22. The highest BCUT2D eigenvalue weighted by Gasteiger charge is 2.26. The molecule has 3 nitrogen and oxygen atoms in total. The molecule has 0 saturated heterocycles. The number of halogens is 1. The van der Waals surface area contributed by atoms with E-state index in [1.54, 1.807) is 0 Å². The van der Waals surface area contributed by atoms with Crippen molar-refractivity contribution >= 4 is 17.6 Å². The summed E-state index contributed by atoms with van der Waals surface area (Å²) in [5, 5.41) is 9.28. The van der Waals surface area contributed by atoms with Crippen molar-refractivity contribution in [3.63, 3.8) is 0 Å². The molecular formula is C14H17ClO3. The van der Waals surface area contributed by atoms with Crippen molar-refractivity contribution in [1.82, 2.24) is 0 Å².